The third-order valence-electron chi connectivity index (χ3n) is 2.35. The maximum atomic E-state index is 8.52. The topological polar surface area (TPSA) is 80.3 Å². The van der Waals surface area contributed by atoms with Crippen molar-refractivity contribution in [1.82, 2.24) is 0 Å². The van der Waals surface area contributed by atoms with Gasteiger partial charge < -0.3 is 16.0 Å². The first-order valence-corrected chi connectivity index (χ1v) is 7.71. The van der Waals surface area contributed by atoms with Gasteiger partial charge in [0.2, 0.25) is 0 Å². The second kappa shape index (κ2) is 26.3. The first-order valence-electron chi connectivity index (χ1n) is 6.37. The average molecular weight is 504 g/mol. The van der Waals surface area contributed by atoms with Crippen molar-refractivity contribution in [2.24, 2.45) is 0 Å². The molecule has 0 aliphatic heterocycles. The van der Waals surface area contributed by atoms with E-state index in [2.05, 4.69) is 13.8 Å². The summed E-state index contributed by atoms with van der Waals surface area (Å²) in [5.41, 5.74) is 0. The van der Waals surface area contributed by atoms with Gasteiger partial charge in [-0.15, -0.1) is 0 Å². The molecule has 0 fully saturated rings. The minimum atomic E-state index is -5.17. The fourth-order valence-electron chi connectivity index (χ4n) is 1.49. The molecule has 0 heterocycles. The Labute approximate surface area is 178 Å². The zero-order valence-corrected chi connectivity index (χ0v) is 18.2. The summed E-state index contributed by atoms with van der Waals surface area (Å²) in [5.74, 6) is 0. The zero-order chi connectivity index (χ0) is 13.6. The predicted molar refractivity (Wildman–Crippen MR) is 67.7 cm³/mol. The standard InChI is InChI=1S/C12H25.2Ag.Na.H2O4S/c1-3-5-7-9-11-12-10-8-6-4-2;;;;1-5(2,3)4/h1,3-12H2,2H3;;;;(H2,1,2,3,4)/q-1;3*+1;/p-2. The Morgan fingerprint density at radius 2 is 1.05 bits per heavy atom. The summed E-state index contributed by atoms with van der Waals surface area (Å²) in [6, 6.07) is 0. The summed E-state index contributed by atoms with van der Waals surface area (Å²) >= 11 is 0. The molecule has 4 nitrogen and oxygen atoms in total. The van der Waals surface area contributed by atoms with E-state index in [9.17, 15) is 0 Å². The summed E-state index contributed by atoms with van der Waals surface area (Å²) in [6.45, 7) is 6.12. The van der Waals surface area contributed by atoms with Crippen LogP contribution in [0.15, 0.2) is 0 Å². The molecule has 0 unspecified atom stereocenters. The average Bonchev–Trinajstić information content (AvgIpc) is 2.20. The van der Waals surface area contributed by atoms with Crippen molar-refractivity contribution >= 4 is 10.4 Å². The molecule has 0 aromatic carbocycles. The van der Waals surface area contributed by atoms with Crippen molar-refractivity contribution in [3.8, 4) is 0 Å². The molecule has 0 spiro atoms. The largest absolute Gasteiger partial charge is 1.00 e. The molecule has 0 aliphatic rings. The van der Waals surface area contributed by atoms with Crippen LogP contribution in [0.4, 0.5) is 0 Å². The van der Waals surface area contributed by atoms with Crippen molar-refractivity contribution in [2.45, 2.75) is 71.1 Å². The van der Waals surface area contributed by atoms with Gasteiger partial charge in [-0.2, -0.15) is 6.42 Å². The van der Waals surface area contributed by atoms with Crippen LogP contribution < -0.4 is 29.6 Å². The number of rotatable bonds is 9. The molecule has 8 heteroatoms. The molecule has 0 aliphatic carbocycles. The molecule has 0 rings (SSSR count). The van der Waals surface area contributed by atoms with E-state index in [-0.39, 0.29) is 74.3 Å². The molecular formula is C12H25Ag2NaO4S. The number of hydrogen-bond donors (Lipinski definition) is 0. The second-order valence-electron chi connectivity index (χ2n) is 4.09. The Bertz CT molecular complexity index is 222. The van der Waals surface area contributed by atoms with Gasteiger partial charge in [0, 0.05) is 10.4 Å². The predicted octanol–water partition coefficient (Wildman–Crippen LogP) is 0.402. The number of unbranched alkanes of at least 4 members (excludes halogenated alkanes) is 9. The molecule has 0 radical (unpaired) electrons. The maximum absolute atomic E-state index is 8.52. The van der Waals surface area contributed by atoms with Gasteiger partial charge in [-0.25, -0.2) is 0 Å². The first-order chi connectivity index (χ1) is 7.91. The Kier molecular flexibility index (Phi) is 44.4. The van der Waals surface area contributed by atoms with E-state index in [1.807, 2.05) is 0 Å². The van der Waals surface area contributed by atoms with Crippen LogP contribution in [-0.2, 0) is 55.2 Å². The van der Waals surface area contributed by atoms with E-state index in [0.717, 1.165) is 6.42 Å². The van der Waals surface area contributed by atoms with Gasteiger partial charge in [-0.3, -0.25) is 8.42 Å². The van der Waals surface area contributed by atoms with E-state index in [1.165, 1.54) is 57.8 Å². The molecule has 0 amide bonds. The van der Waals surface area contributed by atoms with Gasteiger partial charge in [-0.1, -0.05) is 64.7 Å². The maximum Gasteiger partial charge on any atom is 1.00 e. The minimum Gasteiger partial charge on any atom is -0.759 e. The van der Waals surface area contributed by atoms with Gasteiger partial charge in [0.25, 0.3) is 0 Å². The fourth-order valence-corrected chi connectivity index (χ4v) is 1.49. The van der Waals surface area contributed by atoms with Crippen LogP contribution >= 0.6 is 0 Å². The van der Waals surface area contributed by atoms with Crippen molar-refractivity contribution in [1.29, 1.82) is 0 Å². The summed E-state index contributed by atoms with van der Waals surface area (Å²) in [4.78, 5) is 0. The van der Waals surface area contributed by atoms with Crippen LogP contribution in [0.5, 0.6) is 0 Å². The van der Waals surface area contributed by atoms with Crippen LogP contribution in [0, 0.1) is 6.92 Å². The molecule has 0 bridgehead atoms. The molecule has 20 heavy (non-hydrogen) atoms. The summed E-state index contributed by atoms with van der Waals surface area (Å²) in [5, 5.41) is 0. The van der Waals surface area contributed by atoms with Crippen molar-refractivity contribution in [3.63, 3.8) is 0 Å². The van der Waals surface area contributed by atoms with Gasteiger partial charge in [0.05, 0.1) is 0 Å². The molecule has 0 N–H and O–H groups in total. The normalized spacial score (nSPS) is 9.20. The molecule has 0 saturated heterocycles. The van der Waals surface area contributed by atoms with E-state index >= 15 is 0 Å². The number of hydrogen-bond acceptors (Lipinski definition) is 4. The minimum absolute atomic E-state index is 0. The first kappa shape index (κ1) is 33.8. The monoisotopic (exact) mass is 502 g/mol. The zero-order valence-electron chi connectivity index (χ0n) is 12.4. The van der Waals surface area contributed by atoms with Crippen LogP contribution in [0.3, 0.4) is 0 Å². The third-order valence-corrected chi connectivity index (χ3v) is 2.35. The molecule has 0 atom stereocenters. The Balaban J connectivity index is -0.0000000821. The molecule has 0 saturated carbocycles. The van der Waals surface area contributed by atoms with E-state index in [0.29, 0.717) is 0 Å². The Morgan fingerprint density at radius 3 is 1.30 bits per heavy atom. The van der Waals surface area contributed by atoms with E-state index in [1.54, 1.807) is 0 Å². The third kappa shape index (κ3) is 59.1. The fraction of sp³-hybridized carbons (Fsp3) is 0.917. The summed E-state index contributed by atoms with van der Waals surface area (Å²) < 4.78 is 34.1. The second-order valence-corrected chi connectivity index (χ2v) is 4.91. The summed E-state index contributed by atoms with van der Waals surface area (Å²) in [7, 11) is -5.17. The molecule has 0 aromatic rings. The van der Waals surface area contributed by atoms with Crippen molar-refractivity contribution < 1.29 is 91.8 Å². The van der Waals surface area contributed by atoms with Crippen LogP contribution in [0.1, 0.15) is 71.1 Å². The Morgan fingerprint density at radius 1 is 0.800 bits per heavy atom. The van der Waals surface area contributed by atoms with Crippen molar-refractivity contribution in [2.75, 3.05) is 0 Å². The van der Waals surface area contributed by atoms with Crippen LogP contribution in [0.25, 0.3) is 0 Å². The Hall–Kier alpha value is 2.35. The van der Waals surface area contributed by atoms with Gasteiger partial charge in [-0.05, 0) is 0 Å². The van der Waals surface area contributed by atoms with E-state index < -0.39 is 10.4 Å². The van der Waals surface area contributed by atoms with Gasteiger partial charge in [0.1, 0.15) is 0 Å². The van der Waals surface area contributed by atoms with Gasteiger partial charge >= 0.3 is 74.3 Å². The quantitative estimate of drug-likeness (QED) is 0.150. The van der Waals surface area contributed by atoms with Crippen LogP contribution in [0.2, 0.25) is 0 Å². The summed E-state index contributed by atoms with van der Waals surface area (Å²) in [6.07, 6.45) is 13.9. The molecular weight excluding hydrogens is 479 g/mol. The smallest absolute Gasteiger partial charge is 0.759 e. The van der Waals surface area contributed by atoms with E-state index in [4.69, 9.17) is 17.5 Å². The van der Waals surface area contributed by atoms with Crippen molar-refractivity contribution in [3.05, 3.63) is 6.92 Å². The molecule has 0 aromatic heterocycles. The van der Waals surface area contributed by atoms with Gasteiger partial charge in [0.15, 0.2) is 0 Å². The van der Waals surface area contributed by atoms with Crippen LogP contribution in [-0.4, -0.2) is 17.5 Å². The SMILES string of the molecule is O=S(=O)([O-])[O-].[Ag+].[Ag+].[CH2-]CCCCCCCCCCC.[Na+]. The molecule has 126 valence electrons.